The molecule has 0 aliphatic carbocycles. The molecule has 0 aliphatic heterocycles. The van der Waals surface area contributed by atoms with Gasteiger partial charge in [0.25, 0.3) is 0 Å². The molecule has 0 radical (unpaired) electrons. The standard InChI is InChI=1S/C14H29N3O3/c1-7-16(9-13(19)20)11-17(10-15(5)6)8-12(18)14(2,3)4/h7-11H2,1-6H3,(H,19,20). The highest BCUT2D eigenvalue weighted by molar-refractivity contribution is 5.85. The summed E-state index contributed by atoms with van der Waals surface area (Å²) in [5.74, 6) is -0.690. The average molecular weight is 287 g/mol. The maximum absolute atomic E-state index is 12.2. The number of Topliss-reactive ketones (excluding diaryl/α,β-unsaturated/α-hetero) is 1. The number of likely N-dealkylation sites (N-methyl/N-ethyl adjacent to an activating group) is 1. The molecule has 0 aromatic rings. The molecule has 118 valence electrons. The number of nitrogens with zero attached hydrogens (tertiary/aromatic N) is 3. The summed E-state index contributed by atoms with van der Waals surface area (Å²) in [6.45, 7) is 9.68. The Labute approximate surface area is 122 Å². The first-order chi connectivity index (χ1) is 9.06. The minimum atomic E-state index is -0.848. The second kappa shape index (κ2) is 8.34. The van der Waals surface area contributed by atoms with Gasteiger partial charge >= 0.3 is 5.97 Å². The number of ketones is 1. The van der Waals surface area contributed by atoms with Crippen LogP contribution in [0.3, 0.4) is 0 Å². The molecule has 0 aromatic carbocycles. The van der Waals surface area contributed by atoms with Gasteiger partial charge in [0.15, 0.2) is 5.78 Å². The SMILES string of the molecule is CCN(CC(=O)O)CN(CC(=O)C(C)(C)C)CN(C)C. The lowest BCUT2D eigenvalue weighted by Crippen LogP contribution is -2.47. The number of carbonyl (C=O) groups is 2. The Morgan fingerprint density at radius 3 is 1.90 bits per heavy atom. The predicted octanol–water partition coefficient (Wildman–Crippen LogP) is 0.787. The summed E-state index contributed by atoms with van der Waals surface area (Å²) < 4.78 is 0. The number of carbonyl (C=O) groups excluding carboxylic acids is 1. The highest BCUT2D eigenvalue weighted by Gasteiger charge is 2.24. The van der Waals surface area contributed by atoms with E-state index in [1.165, 1.54) is 0 Å². The van der Waals surface area contributed by atoms with Crippen molar-refractivity contribution in [3.8, 4) is 0 Å². The lowest BCUT2D eigenvalue weighted by molar-refractivity contribution is -0.139. The van der Waals surface area contributed by atoms with Crippen LogP contribution in [0.25, 0.3) is 0 Å². The van der Waals surface area contributed by atoms with E-state index < -0.39 is 5.97 Å². The maximum Gasteiger partial charge on any atom is 0.317 e. The molecule has 1 N–H and O–H groups in total. The molecule has 0 saturated carbocycles. The Morgan fingerprint density at radius 2 is 1.55 bits per heavy atom. The van der Waals surface area contributed by atoms with E-state index in [1.54, 1.807) is 0 Å². The Bertz CT molecular complexity index is 324. The van der Waals surface area contributed by atoms with Crippen LogP contribution in [-0.4, -0.2) is 78.6 Å². The molecule has 0 rings (SSSR count). The number of hydrogen-bond acceptors (Lipinski definition) is 5. The van der Waals surface area contributed by atoms with Gasteiger partial charge in [-0.25, -0.2) is 0 Å². The van der Waals surface area contributed by atoms with Gasteiger partial charge in [0.2, 0.25) is 0 Å². The first-order valence-electron chi connectivity index (χ1n) is 6.90. The van der Waals surface area contributed by atoms with Gasteiger partial charge in [-0.3, -0.25) is 24.3 Å². The van der Waals surface area contributed by atoms with Crippen molar-refractivity contribution in [2.75, 3.05) is 47.1 Å². The minimum Gasteiger partial charge on any atom is -0.480 e. The molecule has 0 fully saturated rings. The fourth-order valence-electron chi connectivity index (χ4n) is 1.72. The van der Waals surface area contributed by atoms with Gasteiger partial charge in [-0.2, -0.15) is 0 Å². The van der Waals surface area contributed by atoms with Gasteiger partial charge in [-0.15, -0.1) is 0 Å². The normalized spacial score (nSPS) is 12.4. The third kappa shape index (κ3) is 8.24. The number of rotatable bonds is 9. The van der Waals surface area contributed by atoms with E-state index in [2.05, 4.69) is 0 Å². The molecule has 0 aromatic heterocycles. The second-order valence-electron chi connectivity index (χ2n) is 6.40. The highest BCUT2D eigenvalue weighted by atomic mass is 16.4. The monoisotopic (exact) mass is 287 g/mol. The largest absolute Gasteiger partial charge is 0.480 e. The topological polar surface area (TPSA) is 64.1 Å². The van der Waals surface area contributed by atoms with Gasteiger partial charge in [0, 0.05) is 5.41 Å². The average Bonchev–Trinajstić information content (AvgIpc) is 2.24. The van der Waals surface area contributed by atoms with Crippen LogP contribution >= 0.6 is 0 Å². The summed E-state index contributed by atoms with van der Waals surface area (Å²) in [4.78, 5) is 28.7. The molecule has 6 nitrogen and oxygen atoms in total. The van der Waals surface area contributed by atoms with Crippen LogP contribution < -0.4 is 0 Å². The van der Waals surface area contributed by atoms with Gasteiger partial charge < -0.3 is 5.11 Å². The molecule has 0 bridgehead atoms. The predicted molar refractivity (Wildman–Crippen MR) is 79.5 cm³/mol. The van der Waals surface area contributed by atoms with E-state index in [-0.39, 0.29) is 17.7 Å². The van der Waals surface area contributed by atoms with Crippen LogP contribution in [0.1, 0.15) is 27.7 Å². The smallest absolute Gasteiger partial charge is 0.317 e. The molecule has 0 amide bonds. The summed E-state index contributed by atoms with van der Waals surface area (Å²) in [7, 11) is 3.87. The van der Waals surface area contributed by atoms with Crippen LogP contribution in [0.5, 0.6) is 0 Å². The van der Waals surface area contributed by atoms with Crippen LogP contribution in [-0.2, 0) is 9.59 Å². The number of hydrogen-bond donors (Lipinski definition) is 1. The van der Waals surface area contributed by atoms with Crippen molar-refractivity contribution in [2.24, 2.45) is 5.41 Å². The quantitative estimate of drug-likeness (QED) is 0.633. The number of aliphatic carboxylic acids is 1. The van der Waals surface area contributed by atoms with E-state index in [4.69, 9.17) is 5.11 Å². The number of carboxylic acid groups (broad SMARTS) is 1. The summed E-state index contributed by atoms with van der Waals surface area (Å²) in [5, 5.41) is 8.88. The molecule has 6 heteroatoms. The summed E-state index contributed by atoms with van der Waals surface area (Å²) >= 11 is 0. The van der Waals surface area contributed by atoms with Crippen molar-refractivity contribution in [1.82, 2.24) is 14.7 Å². The third-order valence-electron chi connectivity index (χ3n) is 2.89. The van der Waals surface area contributed by atoms with Gasteiger partial charge in [-0.1, -0.05) is 27.7 Å². The zero-order valence-corrected chi connectivity index (χ0v) is 13.6. The Kier molecular flexibility index (Phi) is 7.93. The fourth-order valence-corrected chi connectivity index (χ4v) is 1.72. The van der Waals surface area contributed by atoms with Crippen molar-refractivity contribution in [3.63, 3.8) is 0 Å². The zero-order valence-electron chi connectivity index (χ0n) is 13.6. The molecule has 0 atom stereocenters. The maximum atomic E-state index is 12.2. The Hall–Kier alpha value is -0.980. The third-order valence-corrected chi connectivity index (χ3v) is 2.89. The van der Waals surface area contributed by atoms with Crippen molar-refractivity contribution in [3.05, 3.63) is 0 Å². The van der Waals surface area contributed by atoms with E-state index in [1.807, 2.05) is 56.5 Å². The van der Waals surface area contributed by atoms with Crippen LogP contribution in [0, 0.1) is 5.41 Å². The Morgan fingerprint density at radius 1 is 1.00 bits per heavy atom. The fraction of sp³-hybridized carbons (Fsp3) is 0.857. The van der Waals surface area contributed by atoms with E-state index in [9.17, 15) is 9.59 Å². The van der Waals surface area contributed by atoms with Crippen molar-refractivity contribution in [1.29, 1.82) is 0 Å². The number of carboxylic acids is 1. The zero-order chi connectivity index (χ0) is 15.9. The van der Waals surface area contributed by atoms with Gasteiger partial charge in [-0.05, 0) is 20.6 Å². The van der Waals surface area contributed by atoms with Crippen LogP contribution in [0.4, 0.5) is 0 Å². The van der Waals surface area contributed by atoms with E-state index in [0.29, 0.717) is 26.4 Å². The van der Waals surface area contributed by atoms with Gasteiger partial charge in [0.05, 0.1) is 26.4 Å². The lowest BCUT2D eigenvalue weighted by atomic mass is 9.90. The highest BCUT2D eigenvalue weighted by Crippen LogP contribution is 2.15. The molecule has 0 spiro atoms. The molecular formula is C14H29N3O3. The van der Waals surface area contributed by atoms with Gasteiger partial charge in [0.1, 0.15) is 0 Å². The molecule has 0 aliphatic rings. The molecule has 0 unspecified atom stereocenters. The van der Waals surface area contributed by atoms with Crippen molar-refractivity contribution in [2.45, 2.75) is 27.7 Å². The first kappa shape index (κ1) is 19.0. The summed E-state index contributed by atoms with van der Waals surface area (Å²) in [6, 6.07) is 0. The Balaban J connectivity index is 4.70. The summed E-state index contributed by atoms with van der Waals surface area (Å²) in [5.41, 5.74) is -0.381. The minimum absolute atomic E-state index is 0.00978. The summed E-state index contributed by atoms with van der Waals surface area (Å²) in [6.07, 6.45) is 0. The molecular weight excluding hydrogens is 258 g/mol. The molecule has 0 saturated heterocycles. The lowest BCUT2D eigenvalue weighted by Gasteiger charge is -2.32. The van der Waals surface area contributed by atoms with Crippen molar-refractivity contribution >= 4 is 11.8 Å². The van der Waals surface area contributed by atoms with Crippen LogP contribution in [0.15, 0.2) is 0 Å². The molecule has 0 heterocycles. The second-order valence-corrected chi connectivity index (χ2v) is 6.40. The van der Waals surface area contributed by atoms with E-state index >= 15 is 0 Å². The van der Waals surface area contributed by atoms with E-state index in [0.717, 1.165) is 0 Å². The first-order valence-corrected chi connectivity index (χ1v) is 6.90. The van der Waals surface area contributed by atoms with Crippen LogP contribution in [0.2, 0.25) is 0 Å². The molecule has 20 heavy (non-hydrogen) atoms. The van der Waals surface area contributed by atoms with Crippen molar-refractivity contribution < 1.29 is 14.7 Å².